The van der Waals surface area contributed by atoms with Gasteiger partial charge in [0.15, 0.2) is 0 Å². The Kier molecular flexibility index (Phi) is 6.38. The van der Waals surface area contributed by atoms with Crippen LogP contribution in [0, 0.1) is 5.82 Å². The van der Waals surface area contributed by atoms with E-state index in [1.807, 2.05) is 24.3 Å². The summed E-state index contributed by atoms with van der Waals surface area (Å²) in [7, 11) is -3.77. The second kappa shape index (κ2) is 8.19. The molecule has 0 spiro atoms. The van der Waals surface area contributed by atoms with Gasteiger partial charge < -0.3 is 4.90 Å². The number of para-hydroxylation sites is 1. The smallest absolute Gasteiger partial charge is 0.240 e. The lowest BCUT2D eigenvalue weighted by atomic mass is 9.85. The van der Waals surface area contributed by atoms with Crippen molar-refractivity contribution in [2.45, 2.75) is 38.0 Å². The van der Waals surface area contributed by atoms with Crippen LogP contribution in [-0.2, 0) is 20.2 Å². The van der Waals surface area contributed by atoms with E-state index in [0.29, 0.717) is 0 Å². The Balaban J connectivity index is 2.17. The maximum absolute atomic E-state index is 13.0. The Morgan fingerprint density at radius 2 is 1.67 bits per heavy atom. The molecular formula is C20H25FN2O3S. The summed E-state index contributed by atoms with van der Waals surface area (Å²) in [6.07, 6.45) is 0. The summed E-state index contributed by atoms with van der Waals surface area (Å²) < 4.78 is 40.1. The molecule has 2 aromatic carbocycles. The minimum atomic E-state index is -3.77. The van der Waals surface area contributed by atoms with Gasteiger partial charge in [0.1, 0.15) is 5.82 Å². The second-order valence-electron chi connectivity index (χ2n) is 7.29. The average Bonchev–Trinajstić information content (AvgIpc) is 2.58. The van der Waals surface area contributed by atoms with E-state index in [0.717, 1.165) is 23.4 Å². The number of rotatable bonds is 6. The fourth-order valence-corrected chi connectivity index (χ4v) is 3.80. The van der Waals surface area contributed by atoms with E-state index < -0.39 is 15.8 Å². The second-order valence-corrected chi connectivity index (χ2v) is 9.06. The number of nitrogens with zero attached hydrogens (tertiary/aromatic N) is 1. The molecule has 0 aliphatic carbocycles. The van der Waals surface area contributed by atoms with Crippen LogP contribution in [0.3, 0.4) is 0 Å². The third-order valence-corrected chi connectivity index (χ3v) is 5.61. The molecule has 0 radical (unpaired) electrons. The van der Waals surface area contributed by atoms with Crippen molar-refractivity contribution in [2.75, 3.05) is 18.0 Å². The highest BCUT2D eigenvalue weighted by molar-refractivity contribution is 7.89. The van der Waals surface area contributed by atoms with Crippen molar-refractivity contribution in [3.05, 3.63) is 59.9 Å². The van der Waals surface area contributed by atoms with Gasteiger partial charge in [0.2, 0.25) is 15.9 Å². The van der Waals surface area contributed by atoms with Gasteiger partial charge in [-0.15, -0.1) is 0 Å². The fourth-order valence-electron chi connectivity index (χ4n) is 2.78. The minimum absolute atomic E-state index is 0.0200. The number of benzene rings is 2. The molecule has 1 N–H and O–H groups in total. The topological polar surface area (TPSA) is 66.5 Å². The van der Waals surface area contributed by atoms with Gasteiger partial charge in [-0.1, -0.05) is 39.0 Å². The van der Waals surface area contributed by atoms with Gasteiger partial charge in [0, 0.05) is 25.7 Å². The molecule has 27 heavy (non-hydrogen) atoms. The Morgan fingerprint density at radius 1 is 1.07 bits per heavy atom. The Hall–Kier alpha value is -2.25. The summed E-state index contributed by atoms with van der Waals surface area (Å²) >= 11 is 0. The number of halogens is 1. The van der Waals surface area contributed by atoms with Crippen molar-refractivity contribution in [3.8, 4) is 0 Å². The summed E-state index contributed by atoms with van der Waals surface area (Å²) in [5.74, 6) is -0.678. The molecule has 0 bridgehead atoms. The number of sulfonamides is 1. The molecular weight excluding hydrogens is 367 g/mol. The van der Waals surface area contributed by atoms with Gasteiger partial charge in [-0.2, -0.15) is 0 Å². The standard InChI is InChI=1S/C20H25FN2O3S/c1-15(24)23(19-8-6-5-7-18(19)20(2,3)4)14-13-22-27(25,26)17-11-9-16(21)10-12-17/h5-12,22H,13-14H2,1-4H3. The zero-order chi connectivity index (χ0) is 20.2. The first-order valence-corrected chi connectivity index (χ1v) is 10.1. The van der Waals surface area contributed by atoms with Crippen LogP contribution in [-0.4, -0.2) is 27.4 Å². The van der Waals surface area contributed by atoms with E-state index in [1.165, 1.54) is 19.1 Å². The number of nitrogens with one attached hydrogen (secondary N) is 1. The molecule has 2 rings (SSSR count). The van der Waals surface area contributed by atoms with Crippen LogP contribution in [0.5, 0.6) is 0 Å². The molecule has 0 aliphatic heterocycles. The molecule has 0 unspecified atom stereocenters. The highest BCUT2D eigenvalue weighted by Gasteiger charge is 2.23. The van der Waals surface area contributed by atoms with E-state index >= 15 is 0 Å². The van der Waals surface area contributed by atoms with Crippen LogP contribution in [0.2, 0.25) is 0 Å². The van der Waals surface area contributed by atoms with Crippen LogP contribution in [0.25, 0.3) is 0 Å². The van der Waals surface area contributed by atoms with Crippen molar-refractivity contribution in [3.63, 3.8) is 0 Å². The minimum Gasteiger partial charge on any atom is -0.311 e. The highest BCUT2D eigenvalue weighted by atomic mass is 32.2. The van der Waals surface area contributed by atoms with Crippen LogP contribution in [0.1, 0.15) is 33.3 Å². The van der Waals surface area contributed by atoms with Crippen LogP contribution in [0.4, 0.5) is 10.1 Å². The lowest BCUT2D eigenvalue weighted by molar-refractivity contribution is -0.116. The molecule has 0 fully saturated rings. The molecule has 0 heterocycles. The Bertz CT molecular complexity index is 904. The summed E-state index contributed by atoms with van der Waals surface area (Å²) in [6.45, 7) is 7.85. The van der Waals surface area contributed by atoms with Gasteiger partial charge in [0.25, 0.3) is 0 Å². The number of carbonyl (C=O) groups is 1. The van der Waals surface area contributed by atoms with Crippen molar-refractivity contribution in [1.82, 2.24) is 4.72 Å². The van der Waals surface area contributed by atoms with Gasteiger partial charge in [-0.25, -0.2) is 17.5 Å². The molecule has 0 saturated carbocycles. The monoisotopic (exact) mass is 392 g/mol. The quantitative estimate of drug-likeness (QED) is 0.819. The zero-order valence-corrected chi connectivity index (χ0v) is 16.8. The SMILES string of the molecule is CC(=O)N(CCNS(=O)(=O)c1ccc(F)cc1)c1ccccc1C(C)(C)C. The Morgan fingerprint density at radius 3 is 2.22 bits per heavy atom. The highest BCUT2D eigenvalue weighted by Crippen LogP contribution is 2.31. The number of hydrogen-bond donors (Lipinski definition) is 1. The normalized spacial score (nSPS) is 12.0. The fraction of sp³-hybridized carbons (Fsp3) is 0.350. The van der Waals surface area contributed by atoms with Crippen molar-refractivity contribution < 1.29 is 17.6 Å². The van der Waals surface area contributed by atoms with E-state index in [1.54, 1.807) is 4.90 Å². The zero-order valence-electron chi connectivity index (χ0n) is 16.0. The van der Waals surface area contributed by atoms with Gasteiger partial charge >= 0.3 is 0 Å². The van der Waals surface area contributed by atoms with Gasteiger partial charge in [-0.3, -0.25) is 4.79 Å². The maximum Gasteiger partial charge on any atom is 0.240 e. The number of hydrogen-bond acceptors (Lipinski definition) is 3. The van der Waals surface area contributed by atoms with Gasteiger partial charge in [0.05, 0.1) is 4.90 Å². The molecule has 0 saturated heterocycles. The molecule has 5 nitrogen and oxygen atoms in total. The van der Waals surface area contributed by atoms with E-state index in [2.05, 4.69) is 25.5 Å². The first-order valence-electron chi connectivity index (χ1n) is 8.65. The summed E-state index contributed by atoms with van der Waals surface area (Å²) in [5.41, 5.74) is 1.60. The predicted octanol–water partition coefficient (Wildman–Crippen LogP) is 3.45. The van der Waals surface area contributed by atoms with Crippen LogP contribution < -0.4 is 9.62 Å². The maximum atomic E-state index is 13.0. The average molecular weight is 392 g/mol. The molecule has 7 heteroatoms. The third kappa shape index (κ3) is 5.37. The van der Waals surface area contributed by atoms with Gasteiger partial charge in [-0.05, 0) is 41.3 Å². The largest absolute Gasteiger partial charge is 0.311 e. The first-order chi connectivity index (χ1) is 12.5. The number of carbonyl (C=O) groups excluding carboxylic acids is 1. The first kappa shape index (κ1) is 21.1. The third-order valence-electron chi connectivity index (χ3n) is 4.13. The molecule has 1 amide bonds. The Labute approximate surface area is 160 Å². The summed E-state index contributed by atoms with van der Waals surface area (Å²) in [4.78, 5) is 13.7. The van der Waals surface area contributed by atoms with E-state index in [9.17, 15) is 17.6 Å². The number of amides is 1. The van der Waals surface area contributed by atoms with E-state index in [4.69, 9.17) is 0 Å². The van der Waals surface area contributed by atoms with Crippen LogP contribution in [0.15, 0.2) is 53.4 Å². The number of anilines is 1. The molecule has 0 aliphatic rings. The lowest BCUT2D eigenvalue weighted by Gasteiger charge is -2.29. The molecule has 0 aromatic heterocycles. The van der Waals surface area contributed by atoms with Crippen molar-refractivity contribution in [2.24, 2.45) is 0 Å². The predicted molar refractivity (Wildman–Crippen MR) is 105 cm³/mol. The molecule has 146 valence electrons. The lowest BCUT2D eigenvalue weighted by Crippen LogP contribution is -2.38. The van der Waals surface area contributed by atoms with Crippen molar-refractivity contribution >= 4 is 21.6 Å². The van der Waals surface area contributed by atoms with Crippen molar-refractivity contribution in [1.29, 1.82) is 0 Å². The van der Waals surface area contributed by atoms with E-state index in [-0.39, 0.29) is 29.3 Å². The van der Waals surface area contributed by atoms with Crippen LogP contribution >= 0.6 is 0 Å². The summed E-state index contributed by atoms with van der Waals surface area (Å²) in [6, 6.07) is 12.2. The summed E-state index contributed by atoms with van der Waals surface area (Å²) in [5, 5.41) is 0. The molecule has 0 atom stereocenters. The molecule has 2 aromatic rings.